The minimum atomic E-state index is -4.83. The largest absolute Gasteiger partial charge is 0.482 e. The van der Waals surface area contributed by atoms with Crippen molar-refractivity contribution in [3.05, 3.63) is 27.5 Å². The lowest BCUT2D eigenvalue weighted by molar-refractivity contribution is -0.141. The molecule has 1 rings (SSSR count). The molecule has 16 heavy (non-hydrogen) atoms. The van der Waals surface area contributed by atoms with Crippen LogP contribution in [0.3, 0.4) is 0 Å². The maximum Gasteiger partial charge on any atom is 0.431 e. The molecule has 0 aromatic carbocycles. The first-order valence-corrected chi connectivity index (χ1v) is 3.94. The summed E-state index contributed by atoms with van der Waals surface area (Å²) in [6, 6.07) is 0.0734. The van der Waals surface area contributed by atoms with Crippen LogP contribution in [0.1, 0.15) is 17.7 Å². The Morgan fingerprint density at radius 1 is 1.38 bits per heavy atom. The van der Waals surface area contributed by atoms with Gasteiger partial charge in [-0.2, -0.15) is 13.2 Å². The molecule has 1 aromatic heterocycles. The Morgan fingerprint density at radius 3 is 2.31 bits per heavy atom. The van der Waals surface area contributed by atoms with E-state index >= 15 is 0 Å². The topological polar surface area (TPSA) is 42.1 Å². The number of nitrogens with one attached hydrogen (secondary N) is 1. The number of H-pyrrole nitrogens is 1. The fourth-order valence-electron chi connectivity index (χ4n) is 1.07. The van der Waals surface area contributed by atoms with Gasteiger partial charge in [0.15, 0.2) is 5.43 Å². The van der Waals surface area contributed by atoms with Crippen LogP contribution in [0.25, 0.3) is 0 Å². The van der Waals surface area contributed by atoms with Crippen molar-refractivity contribution in [1.82, 2.24) is 4.98 Å². The van der Waals surface area contributed by atoms with Crippen LogP contribution in [0.4, 0.5) is 22.0 Å². The molecule has 0 amide bonds. The van der Waals surface area contributed by atoms with Gasteiger partial charge in [-0.3, -0.25) is 4.79 Å². The zero-order valence-electron chi connectivity index (χ0n) is 7.86. The number of hydrogen-bond donors (Lipinski definition) is 1. The van der Waals surface area contributed by atoms with Crippen molar-refractivity contribution < 1.29 is 26.7 Å². The molecule has 3 nitrogen and oxygen atoms in total. The summed E-state index contributed by atoms with van der Waals surface area (Å²) in [5.74, 6) is -0.880. The molecule has 90 valence electrons. The quantitative estimate of drug-likeness (QED) is 0.810. The highest BCUT2D eigenvalue weighted by molar-refractivity contribution is 5.30. The standard InChI is InChI=1S/C8H6F5NO2/c1-16-7-5(6(9)10)3(15)2-4(14-7)8(11,12)13/h2,6H,1H3,(H,14,15). The van der Waals surface area contributed by atoms with Crippen molar-refractivity contribution in [2.75, 3.05) is 7.11 Å². The predicted octanol–water partition coefficient (Wildman–Crippen LogP) is 2.34. The van der Waals surface area contributed by atoms with Crippen molar-refractivity contribution in [3.63, 3.8) is 0 Å². The lowest BCUT2D eigenvalue weighted by Gasteiger charge is -2.11. The number of pyridine rings is 1. The first kappa shape index (κ1) is 12.5. The molecule has 0 spiro atoms. The Morgan fingerprint density at radius 2 is 1.94 bits per heavy atom. The number of methoxy groups -OCH3 is 1. The number of aromatic amines is 1. The van der Waals surface area contributed by atoms with Crippen molar-refractivity contribution in [3.8, 4) is 5.88 Å². The number of alkyl halides is 5. The van der Waals surface area contributed by atoms with Crippen molar-refractivity contribution >= 4 is 0 Å². The van der Waals surface area contributed by atoms with Gasteiger partial charge >= 0.3 is 6.18 Å². The SMILES string of the molecule is COc1[nH]c(C(F)(F)F)cc(=O)c1C(F)F. The van der Waals surface area contributed by atoms with Crippen LogP contribution in [-0.4, -0.2) is 12.1 Å². The van der Waals surface area contributed by atoms with Crippen molar-refractivity contribution in [2.45, 2.75) is 12.6 Å². The molecule has 1 N–H and O–H groups in total. The van der Waals surface area contributed by atoms with Gasteiger partial charge in [0.2, 0.25) is 5.88 Å². The zero-order chi connectivity index (χ0) is 12.5. The Balaban J connectivity index is 3.45. The molecule has 1 aromatic rings. The third kappa shape index (κ3) is 2.31. The van der Waals surface area contributed by atoms with Crippen LogP contribution in [0.15, 0.2) is 10.9 Å². The molecule has 0 saturated carbocycles. The van der Waals surface area contributed by atoms with Gasteiger partial charge in [0.25, 0.3) is 6.43 Å². The second-order valence-corrected chi connectivity index (χ2v) is 2.79. The minimum absolute atomic E-state index is 0.0734. The van der Waals surface area contributed by atoms with E-state index in [1.165, 1.54) is 0 Å². The van der Waals surface area contributed by atoms with E-state index < -0.39 is 35.2 Å². The fraction of sp³-hybridized carbons (Fsp3) is 0.375. The summed E-state index contributed by atoms with van der Waals surface area (Å²) in [4.78, 5) is 12.6. The molecule has 0 aliphatic carbocycles. The molecule has 0 fully saturated rings. The zero-order valence-corrected chi connectivity index (χ0v) is 7.86. The fourth-order valence-corrected chi connectivity index (χ4v) is 1.07. The molecule has 0 aliphatic rings. The molecule has 0 unspecified atom stereocenters. The average molecular weight is 243 g/mol. The van der Waals surface area contributed by atoms with Crippen molar-refractivity contribution in [1.29, 1.82) is 0 Å². The molecule has 0 saturated heterocycles. The van der Waals surface area contributed by atoms with Gasteiger partial charge in [-0.25, -0.2) is 8.78 Å². The molecule has 0 aliphatic heterocycles. The summed E-state index contributed by atoms with van der Waals surface area (Å²) < 4.78 is 65.5. The monoisotopic (exact) mass is 243 g/mol. The van der Waals surface area contributed by atoms with Crippen LogP contribution >= 0.6 is 0 Å². The van der Waals surface area contributed by atoms with Gasteiger partial charge in [0.05, 0.1) is 7.11 Å². The molecular formula is C8H6F5NO2. The van der Waals surface area contributed by atoms with Gasteiger partial charge in [0.1, 0.15) is 11.3 Å². The van der Waals surface area contributed by atoms with Gasteiger partial charge in [-0.1, -0.05) is 0 Å². The highest BCUT2D eigenvalue weighted by Crippen LogP contribution is 2.31. The average Bonchev–Trinajstić information content (AvgIpc) is 2.14. The normalized spacial score (nSPS) is 11.9. The molecule has 0 bridgehead atoms. The number of rotatable bonds is 2. The summed E-state index contributed by atoms with van der Waals surface area (Å²) in [5.41, 5.74) is -3.97. The van der Waals surface area contributed by atoms with E-state index in [9.17, 15) is 26.7 Å². The lowest BCUT2D eigenvalue weighted by atomic mass is 10.2. The predicted molar refractivity (Wildman–Crippen MR) is 43.6 cm³/mol. The first-order valence-electron chi connectivity index (χ1n) is 3.94. The highest BCUT2D eigenvalue weighted by atomic mass is 19.4. The van der Waals surface area contributed by atoms with Crippen LogP contribution in [-0.2, 0) is 6.18 Å². The third-order valence-electron chi connectivity index (χ3n) is 1.76. The summed E-state index contributed by atoms with van der Waals surface area (Å²) in [5, 5.41) is 0. The van der Waals surface area contributed by atoms with Crippen LogP contribution < -0.4 is 10.2 Å². The van der Waals surface area contributed by atoms with Gasteiger partial charge < -0.3 is 9.72 Å². The Kier molecular flexibility index (Phi) is 3.20. The maximum atomic E-state index is 12.3. The van der Waals surface area contributed by atoms with Gasteiger partial charge in [0, 0.05) is 6.07 Å². The molecule has 0 radical (unpaired) electrons. The molecule has 0 atom stereocenters. The first-order chi connectivity index (χ1) is 7.27. The van der Waals surface area contributed by atoms with E-state index in [0.29, 0.717) is 0 Å². The summed E-state index contributed by atoms with van der Waals surface area (Å²) in [6.07, 6.45) is -8.03. The van der Waals surface area contributed by atoms with Crippen LogP contribution in [0.5, 0.6) is 5.88 Å². The second-order valence-electron chi connectivity index (χ2n) is 2.79. The maximum absolute atomic E-state index is 12.3. The van der Waals surface area contributed by atoms with E-state index in [1.807, 2.05) is 0 Å². The second kappa shape index (κ2) is 4.11. The smallest absolute Gasteiger partial charge is 0.431 e. The van der Waals surface area contributed by atoms with E-state index in [4.69, 9.17) is 0 Å². The highest BCUT2D eigenvalue weighted by Gasteiger charge is 2.34. The van der Waals surface area contributed by atoms with Crippen LogP contribution in [0.2, 0.25) is 0 Å². The Bertz CT molecular complexity index is 437. The van der Waals surface area contributed by atoms with Crippen molar-refractivity contribution in [2.24, 2.45) is 0 Å². The lowest BCUT2D eigenvalue weighted by Crippen LogP contribution is -2.18. The van der Waals surface area contributed by atoms with E-state index in [1.54, 1.807) is 4.98 Å². The Labute approximate surface area is 85.8 Å². The number of aromatic nitrogens is 1. The number of halogens is 5. The van der Waals surface area contributed by atoms with E-state index in [0.717, 1.165) is 7.11 Å². The Hall–Kier alpha value is -1.60. The van der Waals surface area contributed by atoms with Gasteiger partial charge in [-0.15, -0.1) is 0 Å². The molecular weight excluding hydrogens is 237 g/mol. The summed E-state index contributed by atoms with van der Waals surface area (Å²) in [7, 11) is 0.886. The minimum Gasteiger partial charge on any atom is -0.482 e. The number of ether oxygens (including phenoxy) is 1. The summed E-state index contributed by atoms with van der Waals surface area (Å²) in [6.45, 7) is 0. The molecule has 8 heteroatoms. The van der Waals surface area contributed by atoms with E-state index in [-0.39, 0.29) is 6.07 Å². The van der Waals surface area contributed by atoms with E-state index in [2.05, 4.69) is 4.74 Å². The van der Waals surface area contributed by atoms with Crippen LogP contribution in [0, 0.1) is 0 Å². The number of hydrogen-bond acceptors (Lipinski definition) is 2. The third-order valence-corrected chi connectivity index (χ3v) is 1.76. The molecule has 1 heterocycles. The van der Waals surface area contributed by atoms with Gasteiger partial charge in [-0.05, 0) is 0 Å². The summed E-state index contributed by atoms with van der Waals surface area (Å²) >= 11 is 0.